The Kier molecular flexibility index (Phi) is 13.5. The summed E-state index contributed by atoms with van der Waals surface area (Å²) in [7, 11) is 0. The summed E-state index contributed by atoms with van der Waals surface area (Å²) in [4.78, 5) is 55.8. The number of aliphatic carboxylic acids is 1. The third kappa shape index (κ3) is 10.7. The highest BCUT2D eigenvalue weighted by atomic mass is 32.2. The van der Waals surface area contributed by atoms with Crippen LogP contribution < -0.4 is 27.8 Å². The van der Waals surface area contributed by atoms with E-state index >= 15 is 0 Å². The van der Waals surface area contributed by atoms with Crippen LogP contribution in [0, 0.1) is 5.92 Å². The number of rotatable bonds is 15. The third-order valence-electron chi connectivity index (χ3n) is 5.69. The van der Waals surface area contributed by atoms with Crippen LogP contribution in [0.3, 0.4) is 0 Å². The fourth-order valence-electron chi connectivity index (χ4n) is 3.89. The summed E-state index contributed by atoms with van der Waals surface area (Å²) < 4.78 is 0. The Morgan fingerprint density at radius 3 is 2.40 bits per heavy atom. The zero-order chi connectivity index (χ0) is 26.5. The van der Waals surface area contributed by atoms with Crippen LogP contribution in [0.5, 0.6) is 0 Å². The van der Waals surface area contributed by atoms with E-state index in [1.54, 1.807) is 11.8 Å². The molecule has 0 aliphatic carbocycles. The van der Waals surface area contributed by atoms with Gasteiger partial charge in [-0.25, -0.2) is 4.79 Å². The lowest BCUT2D eigenvalue weighted by Gasteiger charge is -2.29. The van der Waals surface area contributed by atoms with E-state index in [-0.39, 0.29) is 30.8 Å². The zero-order valence-electron chi connectivity index (χ0n) is 20.9. The molecule has 1 rings (SSSR count). The van der Waals surface area contributed by atoms with E-state index < -0.39 is 42.0 Å². The highest BCUT2D eigenvalue weighted by molar-refractivity contribution is 7.98. The molecule has 1 fully saturated rings. The van der Waals surface area contributed by atoms with Crippen LogP contribution >= 0.6 is 11.8 Å². The molecule has 0 aromatic heterocycles. The van der Waals surface area contributed by atoms with Crippen molar-refractivity contribution in [2.45, 2.75) is 76.5 Å². The van der Waals surface area contributed by atoms with E-state index in [1.165, 1.54) is 4.90 Å². The van der Waals surface area contributed by atoms with Crippen LogP contribution in [-0.2, 0) is 19.2 Å². The molecule has 1 aliphatic heterocycles. The SMILES string of the molecule is CSCCC(N)C(=O)N1CCCC1C(=O)NC(CC(C)C)C(=O)NC(CCCN=C(N)N)C(=O)O. The summed E-state index contributed by atoms with van der Waals surface area (Å²) in [6, 6.07) is -3.48. The van der Waals surface area contributed by atoms with Gasteiger partial charge in [-0.1, -0.05) is 13.8 Å². The molecule has 0 aromatic rings. The average molecular weight is 516 g/mol. The van der Waals surface area contributed by atoms with Crippen LogP contribution in [0.25, 0.3) is 0 Å². The van der Waals surface area contributed by atoms with Gasteiger partial charge in [-0.3, -0.25) is 19.4 Å². The molecule has 4 unspecified atom stereocenters. The molecule has 200 valence electrons. The van der Waals surface area contributed by atoms with Crippen molar-refractivity contribution in [3.05, 3.63) is 0 Å². The first-order chi connectivity index (χ1) is 16.5. The number of nitrogens with two attached hydrogens (primary N) is 3. The summed E-state index contributed by atoms with van der Waals surface area (Å²) in [6.07, 6.45) is 4.38. The van der Waals surface area contributed by atoms with Gasteiger partial charge in [0.05, 0.1) is 6.04 Å². The lowest BCUT2D eigenvalue weighted by molar-refractivity contribution is -0.143. The molecule has 9 N–H and O–H groups in total. The molecule has 1 aliphatic rings. The van der Waals surface area contributed by atoms with Gasteiger partial charge in [-0.2, -0.15) is 11.8 Å². The number of guanidine groups is 1. The molecule has 4 atom stereocenters. The summed E-state index contributed by atoms with van der Waals surface area (Å²) in [5.74, 6) is -1.78. The number of nitrogens with one attached hydrogen (secondary N) is 2. The number of aliphatic imine (C=N–C) groups is 1. The first-order valence-corrected chi connectivity index (χ1v) is 13.3. The molecule has 0 aromatic carbocycles. The van der Waals surface area contributed by atoms with Gasteiger partial charge in [0.2, 0.25) is 17.7 Å². The number of amides is 3. The first-order valence-electron chi connectivity index (χ1n) is 11.9. The van der Waals surface area contributed by atoms with Gasteiger partial charge < -0.3 is 37.8 Å². The molecule has 0 radical (unpaired) electrons. The second-order valence-electron chi connectivity index (χ2n) is 9.12. The van der Waals surface area contributed by atoms with E-state index in [1.807, 2.05) is 20.1 Å². The minimum atomic E-state index is -1.19. The van der Waals surface area contributed by atoms with Crippen molar-refractivity contribution in [3.63, 3.8) is 0 Å². The van der Waals surface area contributed by atoms with Crippen molar-refractivity contribution < 1.29 is 24.3 Å². The van der Waals surface area contributed by atoms with Crippen molar-refractivity contribution in [1.29, 1.82) is 0 Å². The molecule has 1 saturated heterocycles. The van der Waals surface area contributed by atoms with Crippen LogP contribution in [0.15, 0.2) is 4.99 Å². The summed E-state index contributed by atoms with van der Waals surface area (Å²) >= 11 is 1.59. The summed E-state index contributed by atoms with van der Waals surface area (Å²) in [5.41, 5.74) is 16.6. The monoisotopic (exact) mass is 515 g/mol. The first kappa shape index (κ1) is 30.5. The molecule has 13 heteroatoms. The number of thioether (sulfide) groups is 1. The highest BCUT2D eigenvalue weighted by Gasteiger charge is 2.37. The number of hydrogen-bond acceptors (Lipinski definition) is 7. The Hall–Kier alpha value is -2.54. The summed E-state index contributed by atoms with van der Waals surface area (Å²) in [6.45, 7) is 4.46. The van der Waals surface area contributed by atoms with Crippen molar-refractivity contribution >= 4 is 41.4 Å². The van der Waals surface area contributed by atoms with E-state index in [0.717, 1.165) is 5.75 Å². The quantitative estimate of drug-likeness (QED) is 0.0916. The second-order valence-corrected chi connectivity index (χ2v) is 10.1. The Morgan fingerprint density at radius 2 is 1.83 bits per heavy atom. The molecular weight excluding hydrogens is 474 g/mol. The smallest absolute Gasteiger partial charge is 0.326 e. The second kappa shape index (κ2) is 15.5. The normalized spacial score (nSPS) is 18.0. The largest absolute Gasteiger partial charge is 0.480 e. The van der Waals surface area contributed by atoms with Crippen LogP contribution in [0.2, 0.25) is 0 Å². The van der Waals surface area contributed by atoms with Crippen molar-refractivity contribution in [2.24, 2.45) is 28.1 Å². The minimum Gasteiger partial charge on any atom is -0.480 e. The molecule has 0 spiro atoms. The van der Waals surface area contributed by atoms with E-state index in [0.29, 0.717) is 38.6 Å². The Labute approximate surface area is 211 Å². The predicted molar refractivity (Wildman–Crippen MR) is 137 cm³/mol. The van der Waals surface area contributed by atoms with Crippen molar-refractivity contribution in [2.75, 3.05) is 25.1 Å². The van der Waals surface area contributed by atoms with Gasteiger partial charge in [0, 0.05) is 13.1 Å². The van der Waals surface area contributed by atoms with Gasteiger partial charge in [-0.15, -0.1) is 0 Å². The maximum absolute atomic E-state index is 13.1. The number of hydrogen-bond donors (Lipinski definition) is 6. The highest BCUT2D eigenvalue weighted by Crippen LogP contribution is 2.20. The molecular formula is C22H41N7O5S. The zero-order valence-corrected chi connectivity index (χ0v) is 21.7. The molecule has 35 heavy (non-hydrogen) atoms. The topological polar surface area (TPSA) is 206 Å². The molecule has 0 bridgehead atoms. The van der Waals surface area contributed by atoms with Crippen molar-refractivity contribution in [3.8, 4) is 0 Å². The number of likely N-dealkylation sites (tertiary alicyclic amines) is 1. The van der Waals surface area contributed by atoms with Crippen LogP contribution in [0.1, 0.15) is 52.4 Å². The maximum atomic E-state index is 13.1. The van der Waals surface area contributed by atoms with Gasteiger partial charge in [-0.05, 0) is 56.5 Å². The number of carbonyl (C=O) groups is 4. The number of carboxylic acids is 1. The average Bonchev–Trinajstić information content (AvgIpc) is 3.27. The molecule has 12 nitrogen and oxygen atoms in total. The Balaban J connectivity index is 2.85. The van der Waals surface area contributed by atoms with Crippen molar-refractivity contribution in [1.82, 2.24) is 15.5 Å². The summed E-state index contributed by atoms with van der Waals surface area (Å²) in [5, 5.41) is 14.8. The van der Waals surface area contributed by atoms with Crippen LogP contribution in [0.4, 0.5) is 0 Å². The van der Waals surface area contributed by atoms with Crippen LogP contribution in [-0.4, -0.2) is 88.9 Å². The fraction of sp³-hybridized carbons (Fsp3) is 0.773. The maximum Gasteiger partial charge on any atom is 0.326 e. The molecule has 3 amide bonds. The predicted octanol–water partition coefficient (Wildman–Crippen LogP) is -0.788. The number of carbonyl (C=O) groups excluding carboxylic acids is 3. The third-order valence-corrected chi connectivity index (χ3v) is 6.33. The number of nitrogens with zero attached hydrogens (tertiary/aromatic N) is 2. The van der Waals surface area contributed by atoms with E-state index in [2.05, 4.69) is 15.6 Å². The minimum absolute atomic E-state index is 0.0532. The van der Waals surface area contributed by atoms with E-state index in [4.69, 9.17) is 17.2 Å². The molecule has 0 saturated carbocycles. The number of carboxylic acid groups (broad SMARTS) is 1. The Bertz CT molecular complexity index is 760. The lowest BCUT2D eigenvalue weighted by Crippen LogP contribution is -2.56. The van der Waals surface area contributed by atoms with Gasteiger partial charge in [0.25, 0.3) is 0 Å². The van der Waals surface area contributed by atoms with Gasteiger partial charge in [0.15, 0.2) is 5.96 Å². The Morgan fingerprint density at radius 1 is 1.14 bits per heavy atom. The van der Waals surface area contributed by atoms with Gasteiger partial charge >= 0.3 is 5.97 Å². The standard InChI is InChI=1S/C22H41N7O5S/c1-13(2)12-16(18(30)27-15(21(33)34)6-4-9-26-22(24)25)28-19(31)17-7-5-10-29(17)20(32)14(23)8-11-35-3/h13-17H,4-12,23H2,1-3H3,(H,27,30)(H,28,31)(H,33,34)(H4,24,25,26). The van der Waals surface area contributed by atoms with E-state index in [9.17, 15) is 24.3 Å². The lowest BCUT2D eigenvalue weighted by atomic mass is 10.0. The fourth-order valence-corrected chi connectivity index (χ4v) is 4.38. The van der Waals surface area contributed by atoms with Gasteiger partial charge in [0.1, 0.15) is 18.1 Å². The molecule has 1 heterocycles.